The van der Waals surface area contributed by atoms with Gasteiger partial charge in [0.2, 0.25) is 0 Å². The summed E-state index contributed by atoms with van der Waals surface area (Å²) >= 11 is 0. The molecular formula is C7H7N3O6. The fourth-order valence-corrected chi connectivity index (χ4v) is 1.16. The molecule has 86 valence electrons. The molecule has 0 aromatic carbocycles. The number of carbonyl (C=O) groups is 2. The molecule has 0 aliphatic carbocycles. The summed E-state index contributed by atoms with van der Waals surface area (Å²) < 4.78 is 0.705. The summed E-state index contributed by atoms with van der Waals surface area (Å²) in [4.78, 5) is 34.1. The predicted molar refractivity (Wildman–Crippen MR) is 47.8 cm³/mol. The van der Waals surface area contributed by atoms with E-state index >= 15 is 0 Å². The highest BCUT2D eigenvalue weighted by molar-refractivity contribution is 5.79. The number of nitro groups is 1. The zero-order valence-electron chi connectivity index (χ0n) is 7.81. The van der Waals surface area contributed by atoms with E-state index in [2.05, 4.69) is 4.98 Å². The molecule has 9 nitrogen and oxygen atoms in total. The molecule has 16 heavy (non-hydrogen) atoms. The Morgan fingerprint density at radius 1 is 1.56 bits per heavy atom. The minimum atomic E-state index is -1.54. The Hall–Kier alpha value is -2.45. The van der Waals surface area contributed by atoms with Crippen LogP contribution in [-0.4, -0.2) is 36.6 Å². The minimum Gasteiger partial charge on any atom is -0.481 e. The molecular weight excluding hydrogens is 222 g/mol. The fourth-order valence-electron chi connectivity index (χ4n) is 1.16. The van der Waals surface area contributed by atoms with Crippen molar-refractivity contribution in [2.24, 2.45) is 0 Å². The minimum absolute atomic E-state index is 0.700. The molecule has 1 unspecified atom stereocenters. The number of hydrogen-bond acceptors (Lipinski definition) is 5. The van der Waals surface area contributed by atoms with Gasteiger partial charge in [-0.15, -0.1) is 0 Å². The van der Waals surface area contributed by atoms with Crippen molar-refractivity contribution in [3.8, 4) is 0 Å². The zero-order chi connectivity index (χ0) is 12.3. The van der Waals surface area contributed by atoms with Gasteiger partial charge in [0.05, 0.1) is 6.42 Å². The lowest BCUT2D eigenvalue weighted by molar-refractivity contribution is -0.397. The van der Waals surface area contributed by atoms with E-state index in [1.165, 1.54) is 0 Å². The summed E-state index contributed by atoms with van der Waals surface area (Å²) in [5, 5.41) is 27.7. The first-order valence-electron chi connectivity index (χ1n) is 4.05. The van der Waals surface area contributed by atoms with Gasteiger partial charge in [-0.25, -0.2) is 9.36 Å². The average molecular weight is 229 g/mol. The second-order valence-corrected chi connectivity index (χ2v) is 2.84. The Labute approximate surface area is 88.1 Å². The molecule has 0 bridgehead atoms. The summed E-state index contributed by atoms with van der Waals surface area (Å²) in [5.41, 5.74) is 0. The van der Waals surface area contributed by atoms with Gasteiger partial charge in [-0.2, -0.15) is 0 Å². The number of aromatic nitrogens is 2. The summed E-state index contributed by atoms with van der Waals surface area (Å²) in [5.74, 6) is -3.53. The van der Waals surface area contributed by atoms with Crippen LogP contribution < -0.4 is 0 Å². The third-order valence-corrected chi connectivity index (χ3v) is 1.80. The Balaban J connectivity index is 3.10. The van der Waals surface area contributed by atoms with Crippen molar-refractivity contribution >= 4 is 17.9 Å². The molecule has 0 saturated heterocycles. The van der Waals surface area contributed by atoms with E-state index in [9.17, 15) is 19.7 Å². The Bertz CT molecular complexity index is 439. The van der Waals surface area contributed by atoms with Crippen LogP contribution in [-0.2, 0) is 9.59 Å². The predicted octanol–water partition coefficient (Wildman–Crippen LogP) is -0.108. The van der Waals surface area contributed by atoms with E-state index in [0.717, 1.165) is 12.4 Å². The number of nitrogens with zero attached hydrogens (tertiary/aromatic N) is 3. The molecule has 1 aromatic rings. The maximum Gasteiger partial charge on any atom is 0.435 e. The van der Waals surface area contributed by atoms with Gasteiger partial charge in [0.1, 0.15) is 12.4 Å². The van der Waals surface area contributed by atoms with Crippen LogP contribution in [0.25, 0.3) is 0 Å². The molecule has 0 aliphatic heterocycles. The molecule has 0 spiro atoms. The van der Waals surface area contributed by atoms with Crippen LogP contribution >= 0.6 is 0 Å². The topological polar surface area (TPSA) is 136 Å². The standard InChI is InChI=1S/C7H7N3O6/c11-5(12)3-4(6(13)14)9-2-1-8-7(9)10(15)16/h1-2,4H,3H2,(H,11,12)(H,13,14). The SMILES string of the molecule is O=C(O)CC(C(=O)O)n1ccnc1[N+](=O)[O-]. The lowest BCUT2D eigenvalue weighted by Crippen LogP contribution is -2.22. The number of rotatable bonds is 5. The van der Waals surface area contributed by atoms with Crippen molar-refractivity contribution in [1.29, 1.82) is 0 Å². The van der Waals surface area contributed by atoms with Gasteiger partial charge in [-0.3, -0.25) is 4.79 Å². The van der Waals surface area contributed by atoms with Gasteiger partial charge in [0.15, 0.2) is 6.04 Å². The number of aliphatic carboxylic acids is 2. The molecule has 2 N–H and O–H groups in total. The Morgan fingerprint density at radius 2 is 2.19 bits per heavy atom. The largest absolute Gasteiger partial charge is 0.481 e. The van der Waals surface area contributed by atoms with Gasteiger partial charge in [-0.05, 0) is 4.92 Å². The highest BCUT2D eigenvalue weighted by Crippen LogP contribution is 2.19. The molecule has 0 amide bonds. The highest BCUT2D eigenvalue weighted by Gasteiger charge is 2.31. The number of carboxylic acids is 2. The van der Waals surface area contributed by atoms with Crippen LogP contribution in [0.4, 0.5) is 5.95 Å². The van der Waals surface area contributed by atoms with Gasteiger partial charge in [0, 0.05) is 0 Å². The first-order chi connectivity index (χ1) is 7.43. The lowest BCUT2D eigenvalue weighted by Gasteiger charge is -2.08. The summed E-state index contributed by atoms with van der Waals surface area (Å²) in [6, 6.07) is -1.54. The summed E-state index contributed by atoms with van der Waals surface area (Å²) in [7, 11) is 0. The van der Waals surface area contributed by atoms with E-state index in [4.69, 9.17) is 10.2 Å². The van der Waals surface area contributed by atoms with E-state index in [0.29, 0.717) is 4.57 Å². The normalized spacial score (nSPS) is 12.0. The smallest absolute Gasteiger partial charge is 0.435 e. The van der Waals surface area contributed by atoms with Crippen LogP contribution in [0.1, 0.15) is 12.5 Å². The Kier molecular flexibility index (Phi) is 3.18. The second-order valence-electron chi connectivity index (χ2n) is 2.84. The molecule has 0 aliphatic rings. The van der Waals surface area contributed by atoms with Crippen molar-refractivity contribution in [2.45, 2.75) is 12.5 Å². The molecule has 0 fully saturated rings. The van der Waals surface area contributed by atoms with Gasteiger partial charge < -0.3 is 20.3 Å². The van der Waals surface area contributed by atoms with E-state index < -0.39 is 35.3 Å². The third-order valence-electron chi connectivity index (χ3n) is 1.80. The third kappa shape index (κ3) is 2.32. The van der Waals surface area contributed by atoms with Crippen LogP contribution in [0.5, 0.6) is 0 Å². The summed E-state index contributed by atoms with van der Waals surface area (Å²) in [6.07, 6.45) is 1.34. The van der Waals surface area contributed by atoms with Crippen LogP contribution in [0.15, 0.2) is 12.4 Å². The lowest BCUT2D eigenvalue weighted by atomic mass is 10.2. The van der Waals surface area contributed by atoms with Crippen molar-refractivity contribution in [3.63, 3.8) is 0 Å². The number of hydrogen-bond donors (Lipinski definition) is 2. The quantitative estimate of drug-likeness (QED) is 0.531. The van der Waals surface area contributed by atoms with Crippen molar-refractivity contribution in [2.75, 3.05) is 0 Å². The fraction of sp³-hybridized carbons (Fsp3) is 0.286. The maximum atomic E-state index is 10.8. The number of carboxylic acid groups (broad SMARTS) is 2. The van der Waals surface area contributed by atoms with Crippen LogP contribution in [0.2, 0.25) is 0 Å². The molecule has 0 saturated carbocycles. The van der Waals surface area contributed by atoms with Crippen LogP contribution in [0, 0.1) is 10.1 Å². The first kappa shape index (κ1) is 11.6. The molecule has 1 heterocycles. The Morgan fingerprint density at radius 3 is 2.62 bits per heavy atom. The average Bonchev–Trinajstić information content (AvgIpc) is 2.61. The van der Waals surface area contributed by atoms with Crippen molar-refractivity contribution < 1.29 is 24.7 Å². The van der Waals surface area contributed by atoms with Crippen molar-refractivity contribution in [3.05, 3.63) is 22.5 Å². The van der Waals surface area contributed by atoms with E-state index in [-0.39, 0.29) is 0 Å². The monoisotopic (exact) mass is 229 g/mol. The highest BCUT2D eigenvalue weighted by atomic mass is 16.6. The number of imidazole rings is 1. The van der Waals surface area contributed by atoms with E-state index in [1.807, 2.05) is 0 Å². The molecule has 1 aromatic heterocycles. The maximum absolute atomic E-state index is 10.8. The van der Waals surface area contributed by atoms with Gasteiger partial charge >= 0.3 is 17.9 Å². The van der Waals surface area contributed by atoms with E-state index in [1.54, 1.807) is 0 Å². The van der Waals surface area contributed by atoms with Crippen molar-refractivity contribution in [1.82, 2.24) is 9.55 Å². The van der Waals surface area contributed by atoms with Gasteiger partial charge in [-0.1, -0.05) is 4.98 Å². The van der Waals surface area contributed by atoms with Crippen LogP contribution in [0.3, 0.4) is 0 Å². The summed E-state index contributed by atoms with van der Waals surface area (Å²) in [6.45, 7) is 0. The molecule has 1 atom stereocenters. The first-order valence-corrected chi connectivity index (χ1v) is 4.05. The molecule has 9 heteroatoms. The second kappa shape index (κ2) is 4.38. The zero-order valence-corrected chi connectivity index (χ0v) is 7.81. The molecule has 0 radical (unpaired) electrons. The molecule has 1 rings (SSSR count). The van der Waals surface area contributed by atoms with Gasteiger partial charge in [0.25, 0.3) is 0 Å².